The van der Waals surface area contributed by atoms with Crippen molar-refractivity contribution in [3.8, 4) is 0 Å². The van der Waals surface area contributed by atoms with Crippen LogP contribution in [0.15, 0.2) is 29.8 Å². The number of ketones is 2. The van der Waals surface area contributed by atoms with Gasteiger partial charge >= 0.3 is 0 Å². The van der Waals surface area contributed by atoms with Gasteiger partial charge in [-0.05, 0) is 18.2 Å². The number of thiazole rings is 1. The highest BCUT2D eigenvalue weighted by Gasteiger charge is 2.21. The Morgan fingerprint density at radius 3 is 2.91 bits per heavy atom. The first kappa shape index (κ1) is 15.9. The maximum atomic E-state index is 13.5. The number of aromatic nitrogens is 2. The second-order valence-corrected chi connectivity index (χ2v) is 6.36. The third-order valence-corrected chi connectivity index (χ3v) is 4.85. The van der Waals surface area contributed by atoms with Crippen LogP contribution in [-0.2, 0) is 0 Å². The van der Waals surface area contributed by atoms with Crippen LogP contribution in [0.4, 0.5) is 4.39 Å². The van der Waals surface area contributed by atoms with Crippen LogP contribution in [0.5, 0.6) is 0 Å². The summed E-state index contributed by atoms with van der Waals surface area (Å²) < 4.78 is 15.0. The molecule has 0 radical (unpaired) electrons. The molecule has 0 aliphatic rings. The van der Waals surface area contributed by atoms with Crippen LogP contribution in [0.3, 0.4) is 0 Å². The molecule has 1 aromatic carbocycles. The smallest absolute Gasteiger partial charge is 0.223 e. The van der Waals surface area contributed by atoms with Crippen molar-refractivity contribution in [2.75, 3.05) is 0 Å². The van der Waals surface area contributed by atoms with E-state index in [4.69, 9.17) is 0 Å². The number of carbonyl (C=O) groups excluding carboxylic acids is 2. The number of fused-ring (bicyclic) bond motifs is 1. The Morgan fingerprint density at radius 2 is 2.22 bits per heavy atom. The molecule has 23 heavy (non-hydrogen) atoms. The summed E-state index contributed by atoms with van der Waals surface area (Å²) in [6.07, 6.45) is 1.79. The normalized spacial score (nSPS) is 11.6. The highest BCUT2D eigenvalue weighted by atomic mass is 32.1. The predicted molar refractivity (Wildman–Crippen MR) is 88.0 cm³/mol. The zero-order chi connectivity index (χ0) is 16.6. The number of nitrogens with zero attached hydrogens (tertiary/aromatic N) is 2. The zero-order valence-corrected chi connectivity index (χ0v) is 13.9. The SMILES string of the molecule is CCC(=O)c1csc(C(=O)c2cn(PO)c3ccc(F)cc23)n1. The van der Waals surface area contributed by atoms with E-state index >= 15 is 0 Å². The van der Waals surface area contributed by atoms with Gasteiger partial charge in [-0.2, -0.15) is 0 Å². The van der Waals surface area contributed by atoms with Crippen molar-refractivity contribution in [1.82, 2.24) is 9.32 Å². The minimum absolute atomic E-state index is 0.134. The minimum Gasteiger partial charge on any atom is -0.357 e. The Bertz CT molecular complexity index is 919. The largest absolute Gasteiger partial charge is 0.357 e. The molecule has 2 heterocycles. The molecule has 0 saturated heterocycles. The summed E-state index contributed by atoms with van der Waals surface area (Å²) in [5, 5.41) is 2.13. The van der Waals surface area contributed by atoms with E-state index in [1.807, 2.05) is 0 Å². The van der Waals surface area contributed by atoms with Crippen molar-refractivity contribution >= 4 is 42.8 Å². The molecule has 118 valence electrons. The molecule has 3 rings (SSSR count). The van der Waals surface area contributed by atoms with Gasteiger partial charge in [-0.3, -0.25) is 9.59 Å². The quantitative estimate of drug-likeness (QED) is 0.565. The van der Waals surface area contributed by atoms with Gasteiger partial charge < -0.3 is 9.23 Å². The van der Waals surface area contributed by atoms with Gasteiger partial charge in [0.15, 0.2) is 10.8 Å². The first-order valence-electron chi connectivity index (χ1n) is 6.79. The molecule has 0 spiro atoms. The summed E-state index contributed by atoms with van der Waals surface area (Å²) >= 11 is 1.08. The molecule has 0 fully saturated rings. The van der Waals surface area contributed by atoms with Crippen molar-refractivity contribution < 1.29 is 18.9 Å². The van der Waals surface area contributed by atoms with E-state index in [1.54, 1.807) is 12.3 Å². The van der Waals surface area contributed by atoms with E-state index in [0.717, 1.165) is 11.3 Å². The van der Waals surface area contributed by atoms with E-state index in [9.17, 15) is 18.9 Å². The number of hydrogen-bond donors (Lipinski definition) is 1. The fourth-order valence-corrected chi connectivity index (χ4v) is 3.53. The topological polar surface area (TPSA) is 72.2 Å². The zero-order valence-electron chi connectivity index (χ0n) is 12.0. The molecule has 0 amide bonds. The van der Waals surface area contributed by atoms with Gasteiger partial charge in [0, 0.05) is 23.4 Å². The lowest BCUT2D eigenvalue weighted by molar-refractivity contribution is 0.0984. The van der Waals surface area contributed by atoms with Crippen LogP contribution in [-0.4, -0.2) is 25.8 Å². The van der Waals surface area contributed by atoms with Gasteiger partial charge in [0.05, 0.1) is 11.1 Å². The molecular weight excluding hydrogens is 338 g/mol. The molecule has 8 heteroatoms. The lowest BCUT2D eigenvalue weighted by Crippen LogP contribution is -2.02. The number of hydrogen-bond acceptors (Lipinski definition) is 5. The molecule has 5 nitrogen and oxygen atoms in total. The molecular formula is C15H12FN2O3PS. The summed E-state index contributed by atoms with van der Waals surface area (Å²) in [4.78, 5) is 37.8. The summed E-state index contributed by atoms with van der Waals surface area (Å²) in [5.41, 5.74) is 1.09. The van der Waals surface area contributed by atoms with Crippen LogP contribution in [0.2, 0.25) is 0 Å². The third kappa shape index (κ3) is 2.83. The Labute approximate surface area is 136 Å². The Balaban J connectivity index is 2.09. The molecule has 1 atom stereocenters. The third-order valence-electron chi connectivity index (χ3n) is 3.42. The monoisotopic (exact) mass is 350 g/mol. The molecule has 2 aromatic heterocycles. The Kier molecular flexibility index (Phi) is 4.35. The molecule has 3 aromatic rings. The lowest BCUT2D eigenvalue weighted by Gasteiger charge is -1.97. The molecule has 0 saturated carbocycles. The summed E-state index contributed by atoms with van der Waals surface area (Å²) in [6.45, 7) is 1.72. The van der Waals surface area contributed by atoms with E-state index in [-0.39, 0.29) is 22.0 Å². The minimum atomic E-state index is -0.576. The highest BCUT2D eigenvalue weighted by molar-refractivity contribution is 7.29. The van der Waals surface area contributed by atoms with Crippen molar-refractivity contribution in [2.45, 2.75) is 13.3 Å². The van der Waals surface area contributed by atoms with Crippen LogP contribution >= 0.6 is 20.3 Å². The Hall–Kier alpha value is -1.95. The van der Waals surface area contributed by atoms with Gasteiger partial charge in [0.25, 0.3) is 0 Å². The maximum Gasteiger partial charge on any atom is 0.223 e. The van der Waals surface area contributed by atoms with Gasteiger partial charge in [-0.15, -0.1) is 11.3 Å². The molecule has 1 N–H and O–H groups in total. The number of benzene rings is 1. The Morgan fingerprint density at radius 1 is 1.43 bits per heavy atom. The first-order valence-corrected chi connectivity index (χ1v) is 8.56. The van der Waals surface area contributed by atoms with Crippen molar-refractivity contribution in [3.63, 3.8) is 0 Å². The van der Waals surface area contributed by atoms with Crippen molar-refractivity contribution in [2.24, 2.45) is 0 Å². The summed E-state index contributed by atoms with van der Waals surface area (Å²) in [6, 6.07) is 4.04. The molecule has 1 unspecified atom stereocenters. The highest BCUT2D eigenvalue weighted by Crippen LogP contribution is 2.29. The second kappa shape index (κ2) is 6.28. The predicted octanol–water partition coefficient (Wildman–Crippen LogP) is 3.41. The number of halogens is 1. The number of Topliss-reactive ketones (excluding diaryl/α,β-unsaturated/α-hetero) is 1. The van der Waals surface area contributed by atoms with E-state index in [0.29, 0.717) is 17.3 Å². The van der Waals surface area contributed by atoms with Crippen LogP contribution in [0, 0.1) is 5.82 Å². The fraction of sp³-hybridized carbons (Fsp3) is 0.133. The van der Waals surface area contributed by atoms with Gasteiger partial charge in [0.1, 0.15) is 20.5 Å². The fourth-order valence-electron chi connectivity index (χ4n) is 2.27. The number of carbonyl (C=O) groups is 2. The lowest BCUT2D eigenvalue weighted by atomic mass is 10.1. The average Bonchev–Trinajstić information content (AvgIpc) is 3.18. The van der Waals surface area contributed by atoms with E-state index < -0.39 is 20.6 Å². The van der Waals surface area contributed by atoms with Gasteiger partial charge in [-0.25, -0.2) is 9.37 Å². The average molecular weight is 350 g/mol. The van der Waals surface area contributed by atoms with Crippen LogP contribution in [0.1, 0.15) is 39.2 Å². The van der Waals surface area contributed by atoms with Gasteiger partial charge in [-0.1, -0.05) is 6.92 Å². The molecule has 0 aliphatic carbocycles. The summed E-state index contributed by atoms with van der Waals surface area (Å²) in [7, 11) is -0.576. The van der Waals surface area contributed by atoms with Crippen LogP contribution < -0.4 is 0 Å². The van der Waals surface area contributed by atoms with Crippen LogP contribution in [0.25, 0.3) is 10.9 Å². The van der Waals surface area contributed by atoms with Crippen molar-refractivity contribution in [3.05, 3.63) is 51.9 Å². The first-order chi connectivity index (χ1) is 11.0. The number of rotatable bonds is 5. The maximum absolute atomic E-state index is 13.5. The van der Waals surface area contributed by atoms with Crippen molar-refractivity contribution in [1.29, 1.82) is 0 Å². The van der Waals surface area contributed by atoms with E-state index in [1.165, 1.54) is 28.7 Å². The molecule has 0 bridgehead atoms. The standard InChI is InChI=1S/C15H12FN2O3PS/c1-2-13(19)11-7-23-15(17-11)14(20)10-6-18(22-21)12-4-3-8(16)5-9(10)12/h3-7,21-22H,2H2,1H3. The second-order valence-electron chi connectivity index (χ2n) is 4.82. The van der Waals surface area contributed by atoms with Gasteiger partial charge in [0.2, 0.25) is 5.78 Å². The summed E-state index contributed by atoms with van der Waals surface area (Å²) in [5.74, 6) is -0.991. The van der Waals surface area contributed by atoms with E-state index in [2.05, 4.69) is 4.98 Å². The molecule has 0 aliphatic heterocycles.